The highest BCUT2D eigenvalue weighted by atomic mass is 32.1. The van der Waals surface area contributed by atoms with Crippen molar-refractivity contribution in [3.63, 3.8) is 0 Å². The average molecular weight is 383 g/mol. The van der Waals surface area contributed by atoms with Crippen LogP contribution in [-0.2, 0) is 4.79 Å². The first kappa shape index (κ1) is 18.7. The number of thiocarbonyl (C=S) groups is 1. The fraction of sp³-hybridized carbons (Fsp3) is 0.200. The van der Waals surface area contributed by atoms with E-state index in [-0.39, 0.29) is 11.9 Å². The van der Waals surface area contributed by atoms with E-state index in [9.17, 15) is 4.79 Å². The standard InChI is InChI=1S/C20H21N3O3S/c1-12-17(18(23-20(27)21-12)13-7-5-4-6-8-13)19(24)22-15-10-9-14(25-2)11-16(15)26-3/h4-11,17-18H,1H2,2-3H3,(H,22,24)(H2,21,23,27)/t17-,18-/m1/s1. The van der Waals surface area contributed by atoms with Crippen molar-refractivity contribution >= 4 is 28.9 Å². The maximum absolute atomic E-state index is 13.1. The lowest BCUT2D eigenvalue weighted by atomic mass is 9.88. The van der Waals surface area contributed by atoms with Gasteiger partial charge in [0.15, 0.2) is 5.11 Å². The first-order valence-corrected chi connectivity index (χ1v) is 8.78. The summed E-state index contributed by atoms with van der Waals surface area (Å²) in [5.74, 6) is 0.366. The molecule has 1 amide bonds. The zero-order chi connectivity index (χ0) is 19.4. The molecule has 0 unspecified atom stereocenters. The predicted octanol–water partition coefficient (Wildman–Crippen LogP) is 2.99. The topological polar surface area (TPSA) is 71.6 Å². The van der Waals surface area contributed by atoms with E-state index in [1.165, 1.54) is 7.11 Å². The van der Waals surface area contributed by atoms with Gasteiger partial charge in [-0.3, -0.25) is 4.79 Å². The summed E-state index contributed by atoms with van der Waals surface area (Å²) in [6.07, 6.45) is 0. The number of methoxy groups -OCH3 is 2. The highest BCUT2D eigenvalue weighted by Crippen LogP contribution is 2.33. The number of carbonyl (C=O) groups excluding carboxylic acids is 1. The van der Waals surface area contributed by atoms with Crippen molar-refractivity contribution in [3.05, 3.63) is 66.4 Å². The first-order valence-electron chi connectivity index (χ1n) is 8.37. The molecule has 0 saturated carbocycles. The van der Waals surface area contributed by atoms with Gasteiger partial charge in [0.25, 0.3) is 0 Å². The molecular weight excluding hydrogens is 362 g/mol. The summed E-state index contributed by atoms with van der Waals surface area (Å²) in [5.41, 5.74) is 2.04. The second kappa shape index (κ2) is 8.09. The van der Waals surface area contributed by atoms with Crippen LogP contribution in [0.25, 0.3) is 0 Å². The van der Waals surface area contributed by atoms with Crippen molar-refractivity contribution in [2.24, 2.45) is 5.92 Å². The first-order chi connectivity index (χ1) is 13.0. The number of benzene rings is 2. The highest BCUT2D eigenvalue weighted by Gasteiger charge is 2.36. The van der Waals surface area contributed by atoms with E-state index >= 15 is 0 Å². The van der Waals surface area contributed by atoms with Gasteiger partial charge in [0.1, 0.15) is 17.4 Å². The quantitative estimate of drug-likeness (QED) is 0.690. The van der Waals surface area contributed by atoms with Crippen LogP contribution in [0, 0.1) is 5.92 Å². The molecule has 3 N–H and O–H groups in total. The van der Waals surface area contributed by atoms with Crippen LogP contribution in [0.3, 0.4) is 0 Å². The fourth-order valence-corrected chi connectivity index (χ4v) is 3.30. The Morgan fingerprint density at radius 1 is 1.15 bits per heavy atom. The molecule has 2 aromatic rings. The van der Waals surface area contributed by atoms with E-state index in [0.29, 0.717) is 28.0 Å². The number of nitrogens with one attached hydrogen (secondary N) is 3. The number of amides is 1. The van der Waals surface area contributed by atoms with Crippen molar-refractivity contribution in [2.75, 3.05) is 19.5 Å². The molecule has 27 heavy (non-hydrogen) atoms. The fourth-order valence-electron chi connectivity index (χ4n) is 3.04. The summed E-state index contributed by atoms with van der Waals surface area (Å²) >= 11 is 5.25. The third-order valence-corrected chi connectivity index (χ3v) is 4.60. The molecule has 2 atom stereocenters. The minimum atomic E-state index is -0.564. The molecule has 0 radical (unpaired) electrons. The Bertz CT molecular complexity index is 870. The molecule has 1 aliphatic rings. The normalized spacial score (nSPS) is 18.9. The Kier molecular flexibility index (Phi) is 5.61. The number of ether oxygens (including phenoxy) is 2. The van der Waals surface area contributed by atoms with Gasteiger partial charge in [0.05, 0.1) is 25.9 Å². The summed E-state index contributed by atoms with van der Waals surface area (Å²) in [6, 6.07) is 14.6. The Balaban J connectivity index is 1.89. The maximum atomic E-state index is 13.1. The molecule has 1 aliphatic heterocycles. The SMILES string of the molecule is C=C1NC(=S)N[C@H](c2ccccc2)[C@@H]1C(=O)Nc1ccc(OC)cc1OC. The average Bonchev–Trinajstić information content (AvgIpc) is 2.68. The van der Waals surface area contributed by atoms with Gasteiger partial charge in [-0.2, -0.15) is 0 Å². The van der Waals surface area contributed by atoms with Crippen LogP contribution < -0.4 is 25.4 Å². The molecule has 1 heterocycles. The van der Waals surface area contributed by atoms with Crippen molar-refractivity contribution in [1.29, 1.82) is 0 Å². The van der Waals surface area contributed by atoms with Crippen molar-refractivity contribution in [3.8, 4) is 11.5 Å². The lowest BCUT2D eigenvalue weighted by Crippen LogP contribution is -2.51. The van der Waals surface area contributed by atoms with E-state index in [0.717, 1.165) is 5.56 Å². The Morgan fingerprint density at radius 3 is 2.56 bits per heavy atom. The van der Waals surface area contributed by atoms with E-state index in [4.69, 9.17) is 21.7 Å². The maximum Gasteiger partial charge on any atom is 0.235 e. The smallest absolute Gasteiger partial charge is 0.235 e. The lowest BCUT2D eigenvalue weighted by Gasteiger charge is -2.35. The number of hydrogen-bond acceptors (Lipinski definition) is 4. The monoisotopic (exact) mass is 383 g/mol. The van der Waals surface area contributed by atoms with Gasteiger partial charge in [-0.1, -0.05) is 36.9 Å². The van der Waals surface area contributed by atoms with E-state index in [1.807, 2.05) is 30.3 Å². The van der Waals surface area contributed by atoms with Crippen LogP contribution in [0.1, 0.15) is 11.6 Å². The van der Waals surface area contributed by atoms with Gasteiger partial charge in [-0.05, 0) is 29.9 Å². The number of carbonyl (C=O) groups is 1. The van der Waals surface area contributed by atoms with Crippen LogP contribution in [-0.4, -0.2) is 25.2 Å². The molecule has 140 valence electrons. The molecular formula is C20H21N3O3S. The van der Waals surface area contributed by atoms with E-state index in [1.54, 1.807) is 25.3 Å². The molecule has 0 bridgehead atoms. The molecule has 0 spiro atoms. The van der Waals surface area contributed by atoms with Gasteiger partial charge in [-0.25, -0.2) is 0 Å². The molecule has 1 saturated heterocycles. The molecule has 0 aliphatic carbocycles. The summed E-state index contributed by atoms with van der Waals surface area (Å²) in [6.45, 7) is 4.00. The minimum absolute atomic E-state index is 0.222. The third kappa shape index (κ3) is 4.03. The van der Waals surface area contributed by atoms with Crippen LogP contribution in [0.15, 0.2) is 60.8 Å². The molecule has 1 fully saturated rings. The molecule has 6 nitrogen and oxygen atoms in total. The molecule has 0 aromatic heterocycles. The number of hydrogen-bond donors (Lipinski definition) is 3. The Hall–Kier alpha value is -3.06. The van der Waals surface area contributed by atoms with Gasteiger partial charge >= 0.3 is 0 Å². The van der Waals surface area contributed by atoms with Gasteiger partial charge < -0.3 is 25.4 Å². The van der Waals surface area contributed by atoms with Crippen molar-refractivity contribution in [2.45, 2.75) is 6.04 Å². The summed E-state index contributed by atoms with van der Waals surface area (Å²) in [5, 5.41) is 9.50. The Labute approximate surface area is 163 Å². The second-order valence-electron chi connectivity index (χ2n) is 6.05. The summed E-state index contributed by atoms with van der Waals surface area (Å²) in [4.78, 5) is 13.1. The summed E-state index contributed by atoms with van der Waals surface area (Å²) < 4.78 is 10.6. The van der Waals surface area contributed by atoms with Gasteiger partial charge in [-0.15, -0.1) is 0 Å². The van der Waals surface area contributed by atoms with Gasteiger partial charge in [0, 0.05) is 11.8 Å². The molecule has 3 rings (SSSR count). The van der Waals surface area contributed by atoms with Crippen molar-refractivity contribution in [1.82, 2.24) is 10.6 Å². The largest absolute Gasteiger partial charge is 0.497 e. The van der Waals surface area contributed by atoms with E-state index < -0.39 is 5.92 Å². The lowest BCUT2D eigenvalue weighted by molar-refractivity contribution is -0.119. The summed E-state index contributed by atoms with van der Waals surface area (Å²) in [7, 11) is 3.11. The minimum Gasteiger partial charge on any atom is -0.497 e. The van der Waals surface area contributed by atoms with Crippen LogP contribution in [0.2, 0.25) is 0 Å². The van der Waals surface area contributed by atoms with Crippen molar-refractivity contribution < 1.29 is 14.3 Å². The van der Waals surface area contributed by atoms with Crippen LogP contribution in [0.5, 0.6) is 11.5 Å². The predicted molar refractivity (Wildman–Crippen MR) is 109 cm³/mol. The molecule has 2 aromatic carbocycles. The zero-order valence-electron chi connectivity index (χ0n) is 15.1. The zero-order valence-corrected chi connectivity index (χ0v) is 15.9. The van der Waals surface area contributed by atoms with Crippen LogP contribution >= 0.6 is 12.2 Å². The second-order valence-corrected chi connectivity index (χ2v) is 6.45. The highest BCUT2D eigenvalue weighted by molar-refractivity contribution is 7.80. The van der Waals surface area contributed by atoms with Crippen LogP contribution in [0.4, 0.5) is 5.69 Å². The molecule has 7 heteroatoms. The number of rotatable bonds is 5. The van der Waals surface area contributed by atoms with E-state index in [2.05, 4.69) is 22.5 Å². The Morgan fingerprint density at radius 2 is 1.89 bits per heavy atom. The third-order valence-electron chi connectivity index (χ3n) is 4.38. The van der Waals surface area contributed by atoms with Gasteiger partial charge in [0.2, 0.25) is 5.91 Å². The number of anilines is 1.